The number of rotatable bonds is 6. The minimum absolute atomic E-state index is 0.212. The summed E-state index contributed by atoms with van der Waals surface area (Å²) in [5.41, 5.74) is 1.34. The molecule has 0 aliphatic carbocycles. The summed E-state index contributed by atoms with van der Waals surface area (Å²) < 4.78 is 5.88. The van der Waals surface area contributed by atoms with Gasteiger partial charge in [0.2, 0.25) is 5.75 Å². The molecule has 11 heteroatoms. The van der Waals surface area contributed by atoms with E-state index in [1.165, 1.54) is 24.1 Å². The van der Waals surface area contributed by atoms with Gasteiger partial charge in [-0.25, -0.2) is 4.98 Å². The number of aromatic hydroxyl groups is 1. The average molecular weight is 471 g/mol. The van der Waals surface area contributed by atoms with Crippen molar-refractivity contribution in [3.63, 3.8) is 0 Å². The van der Waals surface area contributed by atoms with Gasteiger partial charge in [-0.15, -0.1) is 0 Å². The van der Waals surface area contributed by atoms with Gasteiger partial charge in [0.15, 0.2) is 5.69 Å². The smallest absolute Gasteiger partial charge is 0.296 e. The number of carbonyl (C=O) groups is 1. The normalized spacial score (nSPS) is 12.5. The van der Waals surface area contributed by atoms with E-state index < -0.39 is 34.7 Å². The van der Waals surface area contributed by atoms with Gasteiger partial charge < -0.3 is 14.9 Å². The van der Waals surface area contributed by atoms with Crippen molar-refractivity contribution >= 4 is 11.6 Å². The number of nitrogens with one attached hydrogen (secondary N) is 1. The Balaban J connectivity index is 1.87. The van der Waals surface area contributed by atoms with Crippen LogP contribution in [0.4, 0.5) is 5.69 Å². The standard InChI is InChI=1S/C24H21N7O4/c1-13-9-26-11-18(28-13)19(17-7-5-4-6-15(17)8-25)14(2)22-30-20(21(32)24(34)31(22)3)23(33)29-16-10-27-35-12-16/h4-7,9-12,14,19,32H,1-3H3,(H,29,33)/t14-,19+/m1/s1. The number of aryl methyl sites for hydroxylation is 1. The number of hydrogen-bond donors (Lipinski definition) is 2. The van der Waals surface area contributed by atoms with E-state index in [4.69, 9.17) is 4.52 Å². The van der Waals surface area contributed by atoms with Crippen molar-refractivity contribution in [3.8, 4) is 11.8 Å². The molecule has 11 nitrogen and oxygen atoms in total. The highest BCUT2D eigenvalue weighted by Gasteiger charge is 2.31. The highest BCUT2D eigenvalue weighted by Crippen LogP contribution is 2.38. The maximum atomic E-state index is 12.9. The summed E-state index contributed by atoms with van der Waals surface area (Å²) in [6, 6.07) is 9.26. The lowest BCUT2D eigenvalue weighted by Crippen LogP contribution is -2.29. The molecular weight excluding hydrogens is 450 g/mol. The zero-order chi connectivity index (χ0) is 25.1. The first-order valence-corrected chi connectivity index (χ1v) is 10.6. The molecule has 0 fully saturated rings. The summed E-state index contributed by atoms with van der Waals surface area (Å²) >= 11 is 0. The lowest BCUT2D eigenvalue weighted by Gasteiger charge is -2.26. The van der Waals surface area contributed by atoms with E-state index >= 15 is 0 Å². The molecule has 0 bridgehead atoms. The largest absolute Gasteiger partial charge is 0.501 e. The Morgan fingerprint density at radius 3 is 2.69 bits per heavy atom. The van der Waals surface area contributed by atoms with Crippen LogP contribution >= 0.6 is 0 Å². The van der Waals surface area contributed by atoms with Gasteiger partial charge in [0.25, 0.3) is 11.5 Å². The zero-order valence-corrected chi connectivity index (χ0v) is 19.1. The van der Waals surface area contributed by atoms with E-state index in [0.717, 1.165) is 0 Å². The Kier molecular flexibility index (Phi) is 6.37. The van der Waals surface area contributed by atoms with Crippen LogP contribution in [0, 0.1) is 18.3 Å². The summed E-state index contributed by atoms with van der Waals surface area (Å²) in [5.74, 6) is -2.47. The lowest BCUT2D eigenvalue weighted by atomic mass is 9.82. The van der Waals surface area contributed by atoms with Crippen LogP contribution in [0.25, 0.3) is 0 Å². The van der Waals surface area contributed by atoms with E-state index in [9.17, 15) is 20.0 Å². The molecule has 176 valence electrons. The summed E-state index contributed by atoms with van der Waals surface area (Å²) in [7, 11) is 1.46. The number of amides is 1. The first-order valence-electron chi connectivity index (χ1n) is 10.6. The van der Waals surface area contributed by atoms with Crippen LogP contribution in [-0.4, -0.2) is 35.7 Å². The number of aromatic nitrogens is 5. The summed E-state index contributed by atoms with van der Waals surface area (Å²) in [5, 5.41) is 26.1. The quantitative estimate of drug-likeness (QED) is 0.431. The second kappa shape index (κ2) is 9.56. The predicted molar refractivity (Wildman–Crippen MR) is 124 cm³/mol. The highest BCUT2D eigenvalue weighted by molar-refractivity contribution is 6.04. The van der Waals surface area contributed by atoms with Crippen LogP contribution < -0.4 is 10.9 Å². The number of benzene rings is 1. The van der Waals surface area contributed by atoms with Crippen molar-refractivity contribution in [2.45, 2.75) is 25.7 Å². The molecule has 4 rings (SSSR count). The Labute approximate surface area is 199 Å². The fraction of sp³-hybridized carbons (Fsp3) is 0.208. The van der Waals surface area contributed by atoms with Gasteiger partial charge in [0.1, 0.15) is 17.8 Å². The molecule has 0 aliphatic rings. The SMILES string of the molecule is Cc1cncc([C@H](c2ccccc2C#N)[C@@H](C)c2nc(C(=O)Nc3cnoc3)c(O)c(=O)n2C)n1. The van der Waals surface area contributed by atoms with E-state index in [1.54, 1.807) is 37.5 Å². The molecule has 0 spiro atoms. The van der Waals surface area contributed by atoms with Gasteiger partial charge in [-0.1, -0.05) is 30.3 Å². The third-order valence-corrected chi connectivity index (χ3v) is 5.62. The molecule has 0 radical (unpaired) electrons. The van der Waals surface area contributed by atoms with Crippen molar-refractivity contribution in [3.05, 3.63) is 93.5 Å². The molecular formula is C24H21N7O4. The fourth-order valence-corrected chi connectivity index (χ4v) is 3.97. The summed E-state index contributed by atoms with van der Waals surface area (Å²) in [6.45, 7) is 3.61. The van der Waals surface area contributed by atoms with Crippen LogP contribution in [0.1, 0.15) is 57.6 Å². The summed E-state index contributed by atoms with van der Waals surface area (Å²) in [4.78, 5) is 38.9. The molecule has 2 atom stereocenters. The third-order valence-electron chi connectivity index (χ3n) is 5.62. The Morgan fingerprint density at radius 1 is 1.23 bits per heavy atom. The number of anilines is 1. The van der Waals surface area contributed by atoms with Crippen LogP contribution in [0.5, 0.6) is 5.75 Å². The Morgan fingerprint density at radius 2 is 2.00 bits per heavy atom. The van der Waals surface area contributed by atoms with Gasteiger partial charge in [-0.05, 0) is 18.6 Å². The van der Waals surface area contributed by atoms with Gasteiger partial charge in [0, 0.05) is 31.3 Å². The number of nitriles is 1. The number of hydrogen-bond acceptors (Lipinski definition) is 9. The van der Waals surface area contributed by atoms with Crippen molar-refractivity contribution in [1.82, 2.24) is 24.7 Å². The van der Waals surface area contributed by atoms with Gasteiger partial charge in [-0.2, -0.15) is 5.26 Å². The highest BCUT2D eigenvalue weighted by atomic mass is 16.5. The van der Waals surface area contributed by atoms with Crippen LogP contribution in [-0.2, 0) is 7.05 Å². The van der Waals surface area contributed by atoms with Crippen LogP contribution in [0.15, 0.2) is 58.4 Å². The predicted octanol–water partition coefficient (Wildman–Crippen LogP) is 2.63. The molecule has 35 heavy (non-hydrogen) atoms. The van der Waals surface area contributed by atoms with Gasteiger partial charge in [0.05, 0.1) is 29.2 Å². The van der Waals surface area contributed by atoms with Crippen molar-refractivity contribution in [1.29, 1.82) is 5.26 Å². The minimum Gasteiger partial charge on any atom is -0.501 e. The van der Waals surface area contributed by atoms with Gasteiger partial charge >= 0.3 is 0 Å². The average Bonchev–Trinajstić information content (AvgIpc) is 3.36. The second-order valence-electron chi connectivity index (χ2n) is 7.95. The first-order chi connectivity index (χ1) is 16.8. The topological polar surface area (TPSA) is 160 Å². The molecule has 3 aromatic heterocycles. The maximum absolute atomic E-state index is 12.9. The zero-order valence-electron chi connectivity index (χ0n) is 19.1. The lowest BCUT2D eigenvalue weighted by molar-refractivity contribution is 0.101. The fourth-order valence-electron chi connectivity index (χ4n) is 3.97. The van der Waals surface area contributed by atoms with Crippen LogP contribution in [0.2, 0.25) is 0 Å². The maximum Gasteiger partial charge on any atom is 0.296 e. The molecule has 3 heterocycles. The third kappa shape index (κ3) is 4.49. The number of nitrogens with zero attached hydrogens (tertiary/aromatic N) is 6. The Bertz CT molecular complexity index is 1490. The molecule has 0 unspecified atom stereocenters. The van der Waals surface area contributed by atoms with E-state index in [2.05, 4.69) is 31.5 Å². The summed E-state index contributed by atoms with van der Waals surface area (Å²) in [6.07, 6.45) is 5.68. The van der Waals surface area contributed by atoms with Crippen molar-refractivity contribution in [2.24, 2.45) is 7.05 Å². The van der Waals surface area contributed by atoms with E-state index in [1.807, 2.05) is 13.0 Å². The van der Waals surface area contributed by atoms with Crippen LogP contribution in [0.3, 0.4) is 0 Å². The van der Waals surface area contributed by atoms with Crippen molar-refractivity contribution < 1.29 is 14.4 Å². The molecule has 0 aliphatic heterocycles. The Hall–Kier alpha value is -4.85. The van der Waals surface area contributed by atoms with E-state index in [0.29, 0.717) is 22.5 Å². The molecule has 0 saturated heterocycles. The molecule has 2 N–H and O–H groups in total. The molecule has 1 amide bonds. The molecule has 0 saturated carbocycles. The monoisotopic (exact) mass is 471 g/mol. The minimum atomic E-state index is -0.804. The van der Waals surface area contributed by atoms with E-state index in [-0.39, 0.29) is 11.5 Å². The second-order valence-corrected chi connectivity index (χ2v) is 7.95. The molecule has 4 aromatic rings. The van der Waals surface area contributed by atoms with Crippen molar-refractivity contribution in [2.75, 3.05) is 5.32 Å². The first kappa shape index (κ1) is 23.3. The molecule has 1 aromatic carbocycles. The number of carbonyl (C=O) groups excluding carboxylic acids is 1. The van der Waals surface area contributed by atoms with Gasteiger partial charge in [-0.3, -0.25) is 24.1 Å².